The van der Waals surface area contributed by atoms with Crippen LogP contribution in [0.2, 0.25) is 0 Å². The van der Waals surface area contributed by atoms with Crippen molar-refractivity contribution in [1.29, 1.82) is 0 Å². The van der Waals surface area contributed by atoms with Crippen molar-refractivity contribution in [1.82, 2.24) is 4.98 Å². The van der Waals surface area contributed by atoms with Gasteiger partial charge in [0, 0.05) is 47.2 Å². The van der Waals surface area contributed by atoms with Crippen LogP contribution in [-0.2, 0) is 0 Å². The quantitative estimate of drug-likeness (QED) is 0.425. The smallest absolute Gasteiger partial charge is 0.269 e. The van der Waals surface area contributed by atoms with E-state index in [1.54, 1.807) is 0 Å². The van der Waals surface area contributed by atoms with Gasteiger partial charge in [-0.15, -0.1) is 0 Å². The van der Waals surface area contributed by atoms with E-state index in [9.17, 15) is 40.0 Å². The zero-order valence-electron chi connectivity index (χ0n) is 14.8. The summed E-state index contributed by atoms with van der Waals surface area (Å²) < 4.78 is 0. The van der Waals surface area contributed by atoms with Crippen molar-refractivity contribution in [3.05, 3.63) is 86.2 Å². The van der Waals surface area contributed by atoms with Crippen molar-refractivity contribution in [3.8, 4) is 22.3 Å². The first kappa shape index (κ1) is 20.1. The summed E-state index contributed by atoms with van der Waals surface area (Å²) in [6.45, 7) is 0. The third kappa shape index (κ3) is 3.67. The molecule has 0 unspecified atom stereocenters. The summed E-state index contributed by atoms with van der Waals surface area (Å²) in [5, 5.41) is 45.1. The van der Waals surface area contributed by atoms with Gasteiger partial charge in [-0.25, -0.2) is 0 Å². The lowest BCUT2D eigenvalue weighted by Gasteiger charge is -2.19. The number of nitro groups is 2. The highest BCUT2D eigenvalue weighted by Gasteiger charge is 2.21. The first-order valence-electron chi connectivity index (χ1n) is 8.16. The number of aromatic nitrogens is 1. The molecule has 11 heteroatoms. The number of pyridine rings is 1. The number of rotatable bonds is 6. The van der Waals surface area contributed by atoms with E-state index in [4.69, 9.17) is 0 Å². The average Bonchev–Trinajstić information content (AvgIpc) is 2.72. The monoisotopic (exact) mass is 407 g/mol. The minimum Gasteiger partial charge on any atom is -0.545 e. The topological polar surface area (TPSA) is 179 Å². The van der Waals surface area contributed by atoms with E-state index in [0.717, 1.165) is 30.5 Å². The summed E-state index contributed by atoms with van der Waals surface area (Å²) in [5.41, 5.74) is -1.67. The molecule has 1 aromatic heterocycles. The number of hydrogen-bond acceptors (Lipinski definition) is 9. The first-order valence-corrected chi connectivity index (χ1v) is 8.16. The lowest BCUT2D eigenvalue weighted by atomic mass is 9.90. The predicted octanol–water partition coefficient (Wildman–Crippen LogP) is 0.959. The zero-order valence-corrected chi connectivity index (χ0v) is 14.8. The Bertz CT molecular complexity index is 1090. The molecule has 2 aromatic carbocycles. The fourth-order valence-corrected chi connectivity index (χ4v) is 2.90. The minimum atomic E-state index is -1.71. The molecule has 0 spiro atoms. The molecule has 0 bridgehead atoms. The highest BCUT2D eigenvalue weighted by atomic mass is 16.6. The van der Waals surface area contributed by atoms with Crippen LogP contribution in [0.5, 0.6) is 0 Å². The second-order valence-electron chi connectivity index (χ2n) is 5.95. The maximum Gasteiger partial charge on any atom is 0.269 e. The Balaban J connectivity index is 2.36. The summed E-state index contributed by atoms with van der Waals surface area (Å²) in [4.78, 5) is 47.4. The number of aromatic carboxylic acids is 2. The molecule has 0 saturated carbocycles. The molecule has 0 aliphatic carbocycles. The normalized spacial score (nSPS) is 10.4. The van der Waals surface area contributed by atoms with E-state index in [2.05, 4.69) is 4.98 Å². The Kier molecular flexibility index (Phi) is 5.19. The van der Waals surface area contributed by atoms with E-state index >= 15 is 0 Å². The van der Waals surface area contributed by atoms with Gasteiger partial charge in [-0.05, 0) is 35.4 Å². The molecular weight excluding hydrogens is 398 g/mol. The van der Waals surface area contributed by atoms with E-state index in [1.165, 1.54) is 24.3 Å². The molecule has 0 saturated heterocycles. The summed E-state index contributed by atoms with van der Waals surface area (Å²) in [7, 11) is 0. The summed E-state index contributed by atoms with van der Waals surface area (Å²) in [6.07, 6.45) is 0.784. The second-order valence-corrected chi connectivity index (χ2v) is 5.95. The van der Waals surface area contributed by atoms with E-state index in [1.807, 2.05) is 0 Å². The van der Waals surface area contributed by atoms with Crippen molar-refractivity contribution in [2.45, 2.75) is 0 Å². The highest BCUT2D eigenvalue weighted by molar-refractivity contribution is 6.05. The van der Waals surface area contributed by atoms with Crippen molar-refractivity contribution >= 4 is 23.3 Å². The maximum absolute atomic E-state index is 11.7. The largest absolute Gasteiger partial charge is 0.545 e. The Hall–Kier alpha value is -4.67. The van der Waals surface area contributed by atoms with Crippen LogP contribution in [0, 0.1) is 20.2 Å². The number of non-ortho nitro benzene ring substituents is 2. The summed E-state index contributed by atoms with van der Waals surface area (Å²) in [5.74, 6) is -3.37. The second kappa shape index (κ2) is 7.75. The number of nitro benzene ring substituents is 2. The van der Waals surface area contributed by atoms with E-state index < -0.39 is 33.0 Å². The molecule has 1 heterocycles. The van der Waals surface area contributed by atoms with Gasteiger partial charge in [0.25, 0.3) is 11.4 Å². The molecular formula is C19H9N3O8-2. The van der Waals surface area contributed by atoms with Crippen LogP contribution in [0.4, 0.5) is 11.4 Å². The van der Waals surface area contributed by atoms with Crippen LogP contribution in [0.25, 0.3) is 22.3 Å². The predicted molar refractivity (Wildman–Crippen MR) is 97.1 cm³/mol. The molecule has 0 fully saturated rings. The molecule has 0 N–H and O–H groups in total. The number of carboxylic acid groups (broad SMARTS) is 2. The molecule has 0 amide bonds. The average molecular weight is 407 g/mol. The van der Waals surface area contributed by atoms with Gasteiger partial charge in [0.2, 0.25) is 0 Å². The molecule has 30 heavy (non-hydrogen) atoms. The maximum atomic E-state index is 11.7. The van der Waals surface area contributed by atoms with Crippen molar-refractivity contribution in [2.24, 2.45) is 0 Å². The van der Waals surface area contributed by atoms with Crippen molar-refractivity contribution in [2.75, 3.05) is 0 Å². The van der Waals surface area contributed by atoms with Crippen LogP contribution in [0.1, 0.15) is 20.8 Å². The van der Waals surface area contributed by atoms with Gasteiger partial charge >= 0.3 is 0 Å². The van der Waals surface area contributed by atoms with Gasteiger partial charge in [0.05, 0.1) is 27.5 Å². The van der Waals surface area contributed by atoms with Gasteiger partial charge < -0.3 is 19.8 Å². The first-order chi connectivity index (χ1) is 14.2. The molecule has 0 atom stereocenters. The number of hydrogen-bond donors (Lipinski definition) is 0. The SMILES string of the molecule is O=C([O-])c1cnc(C(=O)[O-])c(-c2ccc([N+](=O)[O-])cc2)c1-c1ccc([N+](=O)[O-])cc1. The van der Waals surface area contributed by atoms with Crippen LogP contribution >= 0.6 is 0 Å². The highest BCUT2D eigenvalue weighted by Crippen LogP contribution is 2.37. The lowest BCUT2D eigenvalue weighted by Crippen LogP contribution is -2.27. The van der Waals surface area contributed by atoms with Gasteiger partial charge in [0.15, 0.2) is 0 Å². The zero-order chi connectivity index (χ0) is 22.0. The van der Waals surface area contributed by atoms with Crippen LogP contribution in [0.3, 0.4) is 0 Å². The molecule has 0 aliphatic heterocycles. The number of carbonyl (C=O) groups is 2. The third-order valence-corrected chi connectivity index (χ3v) is 4.23. The van der Waals surface area contributed by atoms with Crippen LogP contribution in [-0.4, -0.2) is 26.8 Å². The Morgan fingerprint density at radius 1 is 0.700 bits per heavy atom. The third-order valence-electron chi connectivity index (χ3n) is 4.23. The Labute approximate surface area is 167 Å². The van der Waals surface area contributed by atoms with Gasteiger partial charge in [-0.2, -0.15) is 0 Å². The fourth-order valence-electron chi connectivity index (χ4n) is 2.90. The van der Waals surface area contributed by atoms with Gasteiger partial charge in [0.1, 0.15) is 0 Å². The van der Waals surface area contributed by atoms with Crippen LogP contribution < -0.4 is 10.2 Å². The Morgan fingerprint density at radius 2 is 1.13 bits per heavy atom. The van der Waals surface area contributed by atoms with E-state index in [-0.39, 0.29) is 33.6 Å². The van der Waals surface area contributed by atoms with Gasteiger partial charge in [-0.1, -0.05) is 0 Å². The summed E-state index contributed by atoms with van der Waals surface area (Å²) >= 11 is 0. The van der Waals surface area contributed by atoms with Crippen molar-refractivity contribution in [3.63, 3.8) is 0 Å². The molecule has 3 rings (SSSR count). The molecule has 3 aromatic rings. The molecule has 0 radical (unpaired) electrons. The number of carbonyl (C=O) groups excluding carboxylic acids is 2. The molecule has 150 valence electrons. The van der Waals surface area contributed by atoms with Crippen molar-refractivity contribution < 1.29 is 29.6 Å². The van der Waals surface area contributed by atoms with E-state index in [0.29, 0.717) is 0 Å². The molecule has 0 aliphatic rings. The number of benzene rings is 2. The van der Waals surface area contributed by atoms with Gasteiger partial charge in [-0.3, -0.25) is 25.2 Å². The van der Waals surface area contributed by atoms with Crippen LogP contribution in [0.15, 0.2) is 54.7 Å². The summed E-state index contributed by atoms with van der Waals surface area (Å²) in [6, 6.07) is 9.41. The fraction of sp³-hybridized carbons (Fsp3) is 0. The Morgan fingerprint density at radius 3 is 1.50 bits per heavy atom. The number of carboxylic acids is 2. The number of nitrogens with zero attached hydrogens (tertiary/aromatic N) is 3. The molecule has 11 nitrogen and oxygen atoms in total. The minimum absolute atomic E-state index is 0.115. The standard InChI is InChI=1S/C19H11N3O8/c23-18(24)14-9-20-17(19(25)26)16(11-3-7-13(8-4-11)22(29)30)15(14)10-1-5-12(6-2-10)21(27)28/h1-9H,(H,23,24)(H,25,26)/p-2. The lowest BCUT2D eigenvalue weighted by molar-refractivity contribution is -0.385.